The molecule has 0 aromatic carbocycles. The van der Waals surface area contributed by atoms with Crippen LogP contribution in [-0.2, 0) is 11.2 Å². The average molecular weight is 407 g/mol. The van der Waals surface area contributed by atoms with Crippen molar-refractivity contribution in [3.63, 3.8) is 0 Å². The van der Waals surface area contributed by atoms with Crippen LogP contribution in [0.2, 0.25) is 0 Å². The maximum absolute atomic E-state index is 12.6. The van der Waals surface area contributed by atoms with E-state index < -0.39 is 0 Å². The number of amides is 1. The molecule has 2 heterocycles. The number of thiazole rings is 1. The van der Waals surface area contributed by atoms with Gasteiger partial charge < -0.3 is 9.73 Å². The summed E-state index contributed by atoms with van der Waals surface area (Å²) < 4.78 is 5.61. The van der Waals surface area contributed by atoms with Crippen molar-refractivity contribution in [2.24, 2.45) is 0 Å². The van der Waals surface area contributed by atoms with Crippen molar-refractivity contribution in [1.29, 1.82) is 0 Å². The van der Waals surface area contributed by atoms with Crippen molar-refractivity contribution in [2.75, 3.05) is 33.2 Å². The van der Waals surface area contributed by atoms with Gasteiger partial charge in [-0.3, -0.25) is 14.6 Å². The molecule has 0 aliphatic heterocycles. The predicted octanol–water partition coefficient (Wildman–Crippen LogP) is 3.80. The molecule has 0 spiro atoms. The number of aromatic nitrogens is 1. The second-order valence-corrected chi connectivity index (χ2v) is 8.17. The molecule has 0 aliphatic rings. The van der Waals surface area contributed by atoms with Gasteiger partial charge in [0, 0.05) is 17.5 Å². The molecule has 156 valence electrons. The maximum atomic E-state index is 12.6. The second-order valence-electron chi connectivity index (χ2n) is 7.06. The monoisotopic (exact) mass is 406 g/mol. The van der Waals surface area contributed by atoms with E-state index in [9.17, 15) is 4.79 Å². The minimum atomic E-state index is 0.0240. The number of rotatable bonds is 11. The molecule has 2 aromatic heterocycles. The number of furan rings is 1. The normalized spacial score (nSPS) is 13.9. The Kier molecular flexibility index (Phi) is 8.66. The van der Waals surface area contributed by atoms with E-state index in [0.29, 0.717) is 13.1 Å². The third-order valence-electron chi connectivity index (χ3n) is 5.23. The number of carbonyl (C=O) groups excluding carboxylic acids is 1. The lowest BCUT2D eigenvalue weighted by atomic mass is 10.2. The summed E-state index contributed by atoms with van der Waals surface area (Å²) in [5.74, 6) is 0.911. The Labute approximate surface area is 172 Å². The van der Waals surface area contributed by atoms with E-state index in [1.807, 2.05) is 26.1 Å². The number of nitrogens with one attached hydrogen (secondary N) is 1. The van der Waals surface area contributed by atoms with Crippen LogP contribution in [0, 0.1) is 6.92 Å². The molecule has 7 heteroatoms. The highest BCUT2D eigenvalue weighted by Gasteiger charge is 2.23. The van der Waals surface area contributed by atoms with Crippen LogP contribution in [0.3, 0.4) is 0 Å². The highest BCUT2D eigenvalue weighted by Crippen LogP contribution is 2.28. The molecule has 2 unspecified atom stereocenters. The molecule has 0 saturated carbocycles. The number of hydrogen-bond donors (Lipinski definition) is 1. The Morgan fingerprint density at radius 3 is 2.57 bits per heavy atom. The van der Waals surface area contributed by atoms with Crippen LogP contribution in [0.15, 0.2) is 22.8 Å². The molecule has 1 amide bonds. The third kappa shape index (κ3) is 5.65. The van der Waals surface area contributed by atoms with Crippen molar-refractivity contribution in [2.45, 2.75) is 53.1 Å². The van der Waals surface area contributed by atoms with Gasteiger partial charge >= 0.3 is 0 Å². The van der Waals surface area contributed by atoms with Crippen molar-refractivity contribution in [3.05, 3.63) is 39.7 Å². The van der Waals surface area contributed by atoms with Crippen LogP contribution < -0.4 is 5.32 Å². The Morgan fingerprint density at radius 1 is 1.32 bits per heavy atom. The van der Waals surface area contributed by atoms with Gasteiger partial charge in [-0.2, -0.15) is 0 Å². The quantitative estimate of drug-likeness (QED) is 0.615. The highest BCUT2D eigenvalue weighted by molar-refractivity contribution is 7.11. The summed E-state index contributed by atoms with van der Waals surface area (Å²) in [4.78, 5) is 22.8. The standard InChI is InChI=1S/C21H34N4O2S/c1-7-20-23-15(4)21(28-20)16(5)24(6)14-19(26)22-13-17(25(8-2)9-3)18-11-10-12-27-18/h10-12,16-17H,7-9,13-14H2,1-6H3,(H,22,26). The number of hydrogen-bond acceptors (Lipinski definition) is 6. The molecule has 0 fully saturated rings. The summed E-state index contributed by atoms with van der Waals surface area (Å²) in [5.41, 5.74) is 1.07. The molecule has 2 atom stereocenters. The Morgan fingerprint density at radius 2 is 2.04 bits per heavy atom. The predicted molar refractivity (Wildman–Crippen MR) is 115 cm³/mol. The number of carbonyl (C=O) groups is 1. The molecule has 6 nitrogen and oxygen atoms in total. The van der Waals surface area contributed by atoms with Crippen LogP contribution in [0.1, 0.15) is 61.1 Å². The first kappa shape index (κ1) is 22.6. The minimum absolute atomic E-state index is 0.0240. The average Bonchev–Trinajstić information content (AvgIpc) is 3.34. The molecule has 2 rings (SSSR count). The topological polar surface area (TPSA) is 61.6 Å². The van der Waals surface area contributed by atoms with Crippen molar-refractivity contribution in [1.82, 2.24) is 20.1 Å². The third-order valence-corrected chi connectivity index (χ3v) is 6.70. The van der Waals surface area contributed by atoms with Crippen LogP contribution >= 0.6 is 11.3 Å². The molecule has 0 saturated heterocycles. The van der Waals surface area contributed by atoms with Gasteiger partial charge in [0.2, 0.25) is 5.91 Å². The fourth-order valence-electron chi connectivity index (χ4n) is 3.39. The molecule has 0 bridgehead atoms. The van der Waals surface area contributed by atoms with Crippen LogP contribution in [0.4, 0.5) is 0 Å². The lowest BCUT2D eigenvalue weighted by Crippen LogP contribution is -2.41. The minimum Gasteiger partial charge on any atom is -0.468 e. The Hall–Kier alpha value is -1.70. The zero-order chi connectivity index (χ0) is 20.7. The van der Waals surface area contributed by atoms with E-state index in [-0.39, 0.29) is 18.0 Å². The Bertz CT molecular complexity index is 725. The van der Waals surface area contributed by atoms with Crippen LogP contribution in [0.25, 0.3) is 0 Å². The fraction of sp³-hybridized carbons (Fsp3) is 0.619. The van der Waals surface area contributed by atoms with E-state index in [4.69, 9.17) is 4.42 Å². The summed E-state index contributed by atoms with van der Waals surface area (Å²) in [6, 6.07) is 4.08. The van der Waals surface area contributed by atoms with Gasteiger partial charge in [-0.05, 0) is 52.5 Å². The Balaban J connectivity index is 1.95. The summed E-state index contributed by atoms with van der Waals surface area (Å²) in [7, 11) is 1.99. The smallest absolute Gasteiger partial charge is 0.234 e. The summed E-state index contributed by atoms with van der Waals surface area (Å²) >= 11 is 1.75. The fourth-order valence-corrected chi connectivity index (χ4v) is 4.51. The van der Waals surface area contributed by atoms with E-state index in [1.165, 1.54) is 4.88 Å². The SMILES string of the molecule is CCc1nc(C)c(C(C)N(C)CC(=O)NCC(c2ccco2)N(CC)CC)s1. The van der Waals surface area contributed by atoms with Crippen molar-refractivity contribution in [3.8, 4) is 0 Å². The summed E-state index contributed by atoms with van der Waals surface area (Å²) in [6.07, 6.45) is 2.63. The van der Waals surface area contributed by atoms with E-state index in [0.717, 1.165) is 36.0 Å². The largest absolute Gasteiger partial charge is 0.468 e. The number of nitrogens with zero attached hydrogens (tertiary/aromatic N) is 3. The lowest BCUT2D eigenvalue weighted by Gasteiger charge is -2.29. The number of likely N-dealkylation sites (N-methyl/N-ethyl adjacent to an activating group) is 2. The van der Waals surface area contributed by atoms with Crippen LogP contribution in [-0.4, -0.2) is 53.9 Å². The van der Waals surface area contributed by atoms with Crippen LogP contribution in [0.5, 0.6) is 0 Å². The molecule has 28 heavy (non-hydrogen) atoms. The van der Waals surface area contributed by atoms with E-state index in [1.54, 1.807) is 17.6 Å². The van der Waals surface area contributed by atoms with Crippen molar-refractivity contribution < 1.29 is 9.21 Å². The molecular formula is C21H34N4O2S. The van der Waals surface area contributed by atoms with E-state index in [2.05, 4.69) is 47.8 Å². The molecule has 0 radical (unpaired) electrons. The van der Waals surface area contributed by atoms with Crippen molar-refractivity contribution >= 4 is 17.2 Å². The van der Waals surface area contributed by atoms with Gasteiger partial charge in [0.25, 0.3) is 0 Å². The maximum Gasteiger partial charge on any atom is 0.234 e. The molecule has 2 aromatic rings. The van der Waals surface area contributed by atoms with Gasteiger partial charge in [-0.1, -0.05) is 20.8 Å². The zero-order valence-corrected chi connectivity index (χ0v) is 18.8. The second kappa shape index (κ2) is 10.7. The first-order valence-electron chi connectivity index (χ1n) is 10.1. The molecule has 0 aliphatic carbocycles. The first-order valence-corrected chi connectivity index (χ1v) is 10.9. The van der Waals surface area contributed by atoms with Gasteiger partial charge in [0.1, 0.15) is 5.76 Å². The summed E-state index contributed by atoms with van der Waals surface area (Å²) in [6.45, 7) is 13.2. The molecular weight excluding hydrogens is 372 g/mol. The van der Waals surface area contributed by atoms with Gasteiger partial charge in [-0.15, -0.1) is 11.3 Å². The lowest BCUT2D eigenvalue weighted by molar-refractivity contribution is -0.122. The number of aryl methyl sites for hydroxylation is 2. The summed E-state index contributed by atoms with van der Waals surface area (Å²) in [5, 5.41) is 4.24. The zero-order valence-electron chi connectivity index (χ0n) is 18.0. The van der Waals surface area contributed by atoms with E-state index >= 15 is 0 Å². The van der Waals surface area contributed by atoms with Gasteiger partial charge in [-0.25, -0.2) is 4.98 Å². The molecule has 1 N–H and O–H groups in total. The van der Waals surface area contributed by atoms with Gasteiger partial charge in [0.05, 0.1) is 29.6 Å². The highest BCUT2D eigenvalue weighted by atomic mass is 32.1. The van der Waals surface area contributed by atoms with Gasteiger partial charge in [0.15, 0.2) is 0 Å². The first-order chi connectivity index (χ1) is 13.4.